The third-order valence-electron chi connectivity index (χ3n) is 6.26. The summed E-state index contributed by atoms with van der Waals surface area (Å²) in [6.45, 7) is 1.38. The first-order valence-electron chi connectivity index (χ1n) is 11.8. The summed E-state index contributed by atoms with van der Waals surface area (Å²) in [6.07, 6.45) is 9.89. The molecule has 0 bridgehead atoms. The number of rotatable bonds is 8. The highest BCUT2D eigenvalue weighted by atomic mass is 19.2. The Labute approximate surface area is 205 Å². The second kappa shape index (κ2) is 9.03. The van der Waals surface area contributed by atoms with Crippen molar-refractivity contribution >= 4 is 28.4 Å². The maximum absolute atomic E-state index is 14.2. The third kappa shape index (κ3) is 4.26. The van der Waals surface area contributed by atoms with Crippen LogP contribution in [-0.4, -0.2) is 42.4 Å². The molecule has 2 aromatic carbocycles. The average Bonchev–Trinajstić information content (AvgIpc) is 3.35. The molecule has 5 aromatic rings. The number of hydrogen-bond donors (Lipinski definition) is 2. The fourth-order valence-corrected chi connectivity index (χ4v) is 4.23. The first kappa shape index (κ1) is 22.1. The van der Waals surface area contributed by atoms with Gasteiger partial charge in [0.1, 0.15) is 0 Å². The SMILES string of the molecule is O=C(NC1CC1)c1ccc(-c2cnc3c(NCCCn4ccnc4)nc4cc(F)c(F)cc4n23)cc1. The summed E-state index contributed by atoms with van der Waals surface area (Å²) in [6, 6.07) is 9.67. The fourth-order valence-electron chi connectivity index (χ4n) is 4.23. The number of carbonyl (C=O) groups excluding carboxylic acids is 1. The van der Waals surface area contributed by atoms with E-state index in [2.05, 4.69) is 25.6 Å². The molecule has 1 aliphatic carbocycles. The summed E-state index contributed by atoms with van der Waals surface area (Å²) in [4.78, 5) is 25.5. The zero-order valence-electron chi connectivity index (χ0n) is 19.3. The van der Waals surface area contributed by atoms with Crippen LogP contribution in [0.3, 0.4) is 0 Å². The number of carbonyl (C=O) groups is 1. The summed E-state index contributed by atoms with van der Waals surface area (Å²) in [5.74, 6) is -1.55. The van der Waals surface area contributed by atoms with Gasteiger partial charge < -0.3 is 15.2 Å². The van der Waals surface area contributed by atoms with Crippen LogP contribution in [0.1, 0.15) is 29.6 Å². The topological polar surface area (TPSA) is 89.1 Å². The number of aromatic nitrogens is 5. The number of halogens is 2. The first-order chi connectivity index (χ1) is 17.6. The molecular weight excluding hydrogens is 464 g/mol. The lowest BCUT2D eigenvalue weighted by atomic mass is 10.1. The fraction of sp³-hybridized carbons (Fsp3) is 0.231. The summed E-state index contributed by atoms with van der Waals surface area (Å²) >= 11 is 0. The van der Waals surface area contributed by atoms with Crippen LogP contribution >= 0.6 is 0 Å². The van der Waals surface area contributed by atoms with E-state index in [4.69, 9.17) is 0 Å². The van der Waals surface area contributed by atoms with Crippen molar-refractivity contribution in [1.29, 1.82) is 0 Å². The summed E-state index contributed by atoms with van der Waals surface area (Å²) in [5, 5.41) is 6.27. The number of nitrogens with one attached hydrogen (secondary N) is 2. The van der Waals surface area contributed by atoms with E-state index in [-0.39, 0.29) is 11.9 Å². The third-order valence-corrected chi connectivity index (χ3v) is 6.26. The van der Waals surface area contributed by atoms with Crippen LogP contribution in [0.2, 0.25) is 0 Å². The van der Waals surface area contributed by atoms with Crippen LogP contribution in [0.15, 0.2) is 61.3 Å². The minimum atomic E-state index is -0.965. The van der Waals surface area contributed by atoms with Crippen LogP contribution in [0, 0.1) is 11.6 Å². The van der Waals surface area contributed by atoms with Gasteiger partial charge in [-0.15, -0.1) is 0 Å². The van der Waals surface area contributed by atoms with E-state index in [1.807, 2.05) is 22.9 Å². The Hall–Kier alpha value is -4.34. The number of aryl methyl sites for hydroxylation is 1. The summed E-state index contributed by atoms with van der Waals surface area (Å²) in [7, 11) is 0. The predicted molar refractivity (Wildman–Crippen MR) is 132 cm³/mol. The monoisotopic (exact) mass is 487 g/mol. The van der Waals surface area contributed by atoms with Crippen molar-refractivity contribution in [2.24, 2.45) is 0 Å². The van der Waals surface area contributed by atoms with Crippen molar-refractivity contribution in [2.75, 3.05) is 11.9 Å². The smallest absolute Gasteiger partial charge is 0.251 e. The number of imidazole rings is 2. The van der Waals surface area contributed by atoms with Gasteiger partial charge >= 0.3 is 0 Å². The number of amides is 1. The molecule has 0 radical (unpaired) electrons. The molecule has 182 valence electrons. The molecule has 6 rings (SSSR count). The van der Waals surface area contributed by atoms with Crippen molar-refractivity contribution in [3.05, 3.63) is 78.5 Å². The zero-order valence-corrected chi connectivity index (χ0v) is 19.3. The van der Waals surface area contributed by atoms with Gasteiger partial charge in [-0.3, -0.25) is 9.20 Å². The molecule has 0 unspecified atom stereocenters. The number of hydrogen-bond acceptors (Lipinski definition) is 5. The van der Waals surface area contributed by atoms with Gasteiger partial charge in [0.05, 0.1) is 29.3 Å². The van der Waals surface area contributed by atoms with Crippen LogP contribution in [0.25, 0.3) is 27.9 Å². The molecule has 1 amide bonds. The minimum Gasteiger partial charge on any atom is -0.367 e. The van der Waals surface area contributed by atoms with Crippen LogP contribution in [0.5, 0.6) is 0 Å². The van der Waals surface area contributed by atoms with Gasteiger partial charge in [0.15, 0.2) is 23.1 Å². The van der Waals surface area contributed by atoms with E-state index < -0.39 is 11.6 Å². The van der Waals surface area contributed by atoms with Crippen molar-refractivity contribution in [2.45, 2.75) is 31.8 Å². The number of nitrogens with zero attached hydrogens (tertiary/aromatic N) is 5. The Bertz CT molecular complexity index is 1560. The lowest BCUT2D eigenvalue weighted by Crippen LogP contribution is -2.25. The Balaban J connectivity index is 1.36. The van der Waals surface area contributed by atoms with Gasteiger partial charge in [-0.05, 0) is 31.4 Å². The molecule has 1 saturated carbocycles. The van der Waals surface area contributed by atoms with Crippen LogP contribution in [-0.2, 0) is 6.54 Å². The van der Waals surface area contributed by atoms with E-state index in [1.54, 1.807) is 35.3 Å². The maximum atomic E-state index is 14.2. The molecule has 1 aliphatic rings. The second-order valence-electron chi connectivity index (χ2n) is 8.92. The number of benzene rings is 2. The highest BCUT2D eigenvalue weighted by Crippen LogP contribution is 2.30. The zero-order chi connectivity index (χ0) is 24.6. The molecular formula is C26H23F2N7O. The molecule has 2 N–H and O–H groups in total. The molecule has 36 heavy (non-hydrogen) atoms. The van der Waals surface area contributed by atoms with Gasteiger partial charge in [0, 0.05) is 54.8 Å². The van der Waals surface area contributed by atoms with E-state index in [1.165, 1.54) is 0 Å². The molecule has 0 atom stereocenters. The molecule has 3 aromatic heterocycles. The number of anilines is 1. The van der Waals surface area contributed by atoms with Gasteiger partial charge in [0.25, 0.3) is 5.91 Å². The van der Waals surface area contributed by atoms with Gasteiger partial charge in [-0.2, -0.15) is 0 Å². The molecule has 0 aliphatic heterocycles. The molecule has 3 heterocycles. The average molecular weight is 488 g/mol. The van der Waals surface area contributed by atoms with Crippen LogP contribution in [0.4, 0.5) is 14.6 Å². The number of fused-ring (bicyclic) bond motifs is 3. The van der Waals surface area contributed by atoms with Crippen molar-refractivity contribution < 1.29 is 13.6 Å². The normalized spacial score (nSPS) is 13.4. The highest BCUT2D eigenvalue weighted by molar-refractivity contribution is 5.95. The van der Waals surface area contributed by atoms with Crippen molar-refractivity contribution in [3.8, 4) is 11.3 Å². The maximum Gasteiger partial charge on any atom is 0.251 e. The van der Waals surface area contributed by atoms with Gasteiger partial charge in [0.2, 0.25) is 0 Å². The first-order valence-corrected chi connectivity index (χ1v) is 11.8. The quantitative estimate of drug-likeness (QED) is 0.317. The summed E-state index contributed by atoms with van der Waals surface area (Å²) in [5.41, 5.74) is 3.24. The standard InChI is InChI=1S/C26H23F2N7O/c27-19-12-21-22(13-20(19)28)35-23(16-2-4-17(5-3-16)26(36)32-18-6-7-18)14-31-25(35)24(33-21)30-8-1-10-34-11-9-29-15-34/h2-5,9,11-15,18H,1,6-8,10H2,(H,30,33)(H,32,36). The molecule has 8 nitrogen and oxygen atoms in total. The Morgan fingerprint density at radius 2 is 1.92 bits per heavy atom. The van der Waals surface area contributed by atoms with Gasteiger partial charge in [-0.25, -0.2) is 23.7 Å². The molecule has 1 fully saturated rings. The lowest BCUT2D eigenvalue weighted by Gasteiger charge is -2.12. The molecule has 10 heteroatoms. The van der Waals surface area contributed by atoms with E-state index in [9.17, 15) is 13.6 Å². The van der Waals surface area contributed by atoms with E-state index in [0.717, 1.165) is 43.5 Å². The largest absolute Gasteiger partial charge is 0.367 e. The van der Waals surface area contributed by atoms with E-state index >= 15 is 0 Å². The Kier molecular flexibility index (Phi) is 5.55. The minimum absolute atomic E-state index is 0.100. The van der Waals surface area contributed by atoms with Crippen molar-refractivity contribution in [3.63, 3.8) is 0 Å². The predicted octanol–water partition coefficient (Wildman–Crippen LogP) is 4.42. The van der Waals surface area contributed by atoms with Gasteiger partial charge in [-0.1, -0.05) is 12.1 Å². The Morgan fingerprint density at radius 3 is 2.67 bits per heavy atom. The Morgan fingerprint density at radius 1 is 1.11 bits per heavy atom. The van der Waals surface area contributed by atoms with Crippen LogP contribution < -0.4 is 10.6 Å². The molecule has 0 saturated heterocycles. The lowest BCUT2D eigenvalue weighted by molar-refractivity contribution is 0.0951. The molecule has 0 spiro atoms. The van der Waals surface area contributed by atoms with E-state index in [0.29, 0.717) is 40.3 Å². The second-order valence-corrected chi connectivity index (χ2v) is 8.92. The van der Waals surface area contributed by atoms with Crippen molar-refractivity contribution in [1.82, 2.24) is 29.2 Å². The highest BCUT2D eigenvalue weighted by Gasteiger charge is 2.24. The summed E-state index contributed by atoms with van der Waals surface area (Å²) < 4.78 is 32.1.